The highest BCUT2D eigenvalue weighted by atomic mass is 32.1. The SMILES string of the molecule is Cc1cccc(OCC(=O)N(CCc2cccs2)Cc2cccnc2)c1. The van der Waals surface area contributed by atoms with E-state index in [4.69, 9.17) is 4.74 Å². The number of hydrogen-bond acceptors (Lipinski definition) is 4. The number of carbonyl (C=O) groups excluding carboxylic acids is 1. The zero-order valence-corrected chi connectivity index (χ0v) is 15.6. The van der Waals surface area contributed by atoms with Crippen LogP contribution in [-0.4, -0.2) is 28.9 Å². The number of nitrogens with zero attached hydrogens (tertiary/aromatic N) is 2. The van der Waals surface area contributed by atoms with Crippen molar-refractivity contribution in [1.82, 2.24) is 9.88 Å². The van der Waals surface area contributed by atoms with Crippen molar-refractivity contribution in [2.24, 2.45) is 0 Å². The van der Waals surface area contributed by atoms with E-state index in [1.807, 2.05) is 54.3 Å². The summed E-state index contributed by atoms with van der Waals surface area (Å²) in [5, 5.41) is 2.06. The Kier molecular flexibility index (Phi) is 6.39. The number of aryl methyl sites for hydroxylation is 1. The first-order valence-corrected chi connectivity index (χ1v) is 9.47. The molecule has 3 rings (SSSR count). The van der Waals surface area contributed by atoms with Crippen molar-refractivity contribution in [3.63, 3.8) is 0 Å². The lowest BCUT2D eigenvalue weighted by molar-refractivity contribution is -0.134. The summed E-state index contributed by atoms with van der Waals surface area (Å²) in [4.78, 5) is 20.0. The quantitative estimate of drug-likeness (QED) is 0.603. The Morgan fingerprint density at radius 1 is 1.19 bits per heavy atom. The summed E-state index contributed by atoms with van der Waals surface area (Å²) >= 11 is 1.71. The van der Waals surface area contributed by atoms with Crippen molar-refractivity contribution in [1.29, 1.82) is 0 Å². The number of amides is 1. The van der Waals surface area contributed by atoms with Crippen molar-refractivity contribution in [3.8, 4) is 5.75 Å². The molecule has 1 aromatic carbocycles. The molecule has 0 aliphatic rings. The van der Waals surface area contributed by atoms with Crippen LogP contribution in [0.25, 0.3) is 0 Å². The van der Waals surface area contributed by atoms with Crippen molar-refractivity contribution < 1.29 is 9.53 Å². The van der Waals surface area contributed by atoms with Crippen LogP contribution < -0.4 is 4.74 Å². The van der Waals surface area contributed by atoms with Gasteiger partial charge >= 0.3 is 0 Å². The predicted octanol–water partition coefficient (Wildman–Crippen LogP) is 4.10. The Labute approximate surface area is 158 Å². The highest BCUT2D eigenvalue weighted by Crippen LogP contribution is 2.14. The summed E-state index contributed by atoms with van der Waals surface area (Å²) in [5.41, 5.74) is 2.13. The van der Waals surface area contributed by atoms with E-state index in [2.05, 4.69) is 16.4 Å². The van der Waals surface area contributed by atoms with Crippen molar-refractivity contribution >= 4 is 17.2 Å². The van der Waals surface area contributed by atoms with E-state index in [1.54, 1.807) is 23.7 Å². The largest absolute Gasteiger partial charge is 0.484 e. The summed E-state index contributed by atoms with van der Waals surface area (Å²) in [5.74, 6) is 0.699. The van der Waals surface area contributed by atoms with E-state index < -0.39 is 0 Å². The molecule has 0 N–H and O–H groups in total. The molecule has 0 saturated heterocycles. The Hall–Kier alpha value is -2.66. The Balaban J connectivity index is 1.63. The lowest BCUT2D eigenvalue weighted by atomic mass is 10.2. The van der Waals surface area contributed by atoms with Gasteiger partial charge in [-0.3, -0.25) is 9.78 Å². The highest BCUT2D eigenvalue weighted by molar-refractivity contribution is 7.09. The van der Waals surface area contributed by atoms with Gasteiger partial charge in [-0.05, 0) is 54.1 Å². The number of carbonyl (C=O) groups is 1. The Morgan fingerprint density at radius 3 is 2.85 bits per heavy atom. The second kappa shape index (κ2) is 9.15. The van der Waals surface area contributed by atoms with E-state index in [9.17, 15) is 4.79 Å². The fraction of sp³-hybridized carbons (Fsp3) is 0.238. The molecule has 2 heterocycles. The lowest BCUT2D eigenvalue weighted by Gasteiger charge is -2.22. The van der Waals surface area contributed by atoms with Gasteiger partial charge in [0.2, 0.25) is 0 Å². The summed E-state index contributed by atoms with van der Waals surface area (Å²) in [7, 11) is 0. The van der Waals surface area contributed by atoms with Crippen LogP contribution in [0.2, 0.25) is 0 Å². The van der Waals surface area contributed by atoms with Crippen molar-refractivity contribution in [3.05, 3.63) is 82.3 Å². The number of rotatable bonds is 8. The molecule has 26 heavy (non-hydrogen) atoms. The van der Waals surface area contributed by atoms with Gasteiger partial charge in [-0.15, -0.1) is 11.3 Å². The second-order valence-corrected chi connectivity index (χ2v) is 7.14. The van der Waals surface area contributed by atoms with Gasteiger partial charge in [0.15, 0.2) is 6.61 Å². The average Bonchev–Trinajstić information content (AvgIpc) is 3.17. The number of benzene rings is 1. The van der Waals surface area contributed by atoms with E-state index in [0.717, 1.165) is 23.3 Å². The van der Waals surface area contributed by atoms with Gasteiger partial charge < -0.3 is 9.64 Å². The molecule has 134 valence electrons. The summed E-state index contributed by atoms with van der Waals surface area (Å²) in [6.45, 7) is 3.24. The van der Waals surface area contributed by atoms with Crippen LogP contribution in [0, 0.1) is 6.92 Å². The van der Waals surface area contributed by atoms with E-state index in [1.165, 1.54) is 4.88 Å². The van der Waals surface area contributed by atoms with Crippen molar-refractivity contribution in [2.45, 2.75) is 19.9 Å². The maximum Gasteiger partial charge on any atom is 0.260 e. The van der Waals surface area contributed by atoms with Gasteiger partial charge in [-0.2, -0.15) is 0 Å². The maximum atomic E-state index is 12.7. The molecule has 0 spiro atoms. The van der Waals surface area contributed by atoms with E-state index in [-0.39, 0.29) is 12.5 Å². The van der Waals surface area contributed by atoms with Gasteiger partial charge in [0.05, 0.1) is 0 Å². The Morgan fingerprint density at radius 2 is 2.12 bits per heavy atom. The van der Waals surface area contributed by atoms with Crippen LogP contribution >= 0.6 is 11.3 Å². The Bertz CT molecular complexity index is 819. The first-order chi connectivity index (χ1) is 12.7. The molecule has 0 bridgehead atoms. The average molecular weight is 366 g/mol. The molecule has 4 nitrogen and oxygen atoms in total. The monoisotopic (exact) mass is 366 g/mol. The molecule has 3 aromatic rings. The number of hydrogen-bond donors (Lipinski definition) is 0. The normalized spacial score (nSPS) is 10.5. The van der Waals surface area contributed by atoms with Crippen LogP contribution in [0.1, 0.15) is 16.0 Å². The van der Waals surface area contributed by atoms with Crippen molar-refractivity contribution in [2.75, 3.05) is 13.2 Å². The minimum atomic E-state index is -0.0214. The summed E-state index contributed by atoms with van der Waals surface area (Å²) in [6, 6.07) is 15.8. The van der Waals surface area contributed by atoms with E-state index >= 15 is 0 Å². The number of pyridine rings is 1. The summed E-state index contributed by atoms with van der Waals surface area (Å²) < 4.78 is 5.70. The van der Waals surface area contributed by atoms with Crippen LogP contribution in [0.4, 0.5) is 0 Å². The molecule has 5 heteroatoms. The predicted molar refractivity (Wildman–Crippen MR) is 104 cm³/mol. The first-order valence-electron chi connectivity index (χ1n) is 8.59. The second-order valence-electron chi connectivity index (χ2n) is 6.11. The van der Waals surface area contributed by atoms with Crippen LogP contribution in [0.5, 0.6) is 5.75 Å². The smallest absolute Gasteiger partial charge is 0.260 e. The molecule has 0 unspecified atom stereocenters. The molecule has 0 aliphatic carbocycles. The van der Waals surface area contributed by atoms with Gasteiger partial charge in [0.25, 0.3) is 5.91 Å². The lowest BCUT2D eigenvalue weighted by Crippen LogP contribution is -2.36. The third kappa shape index (κ3) is 5.43. The molecule has 1 amide bonds. The maximum absolute atomic E-state index is 12.7. The fourth-order valence-electron chi connectivity index (χ4n) is 2.65. The van der Waals surface area contributed by atoms with E-state index in [0.29, 0.717) is 13.1 Å². The topological polar surface area (TPSA) is 42.4 Å². The molecule has 0 saturated carbocycles. The molecular formula is C21H22N2O2S. The number of ether oxygens (including phenoxy) is 1. The zero-order valence-electron chi connectivity index (χ0n) is 14.8. The zero-order chi connectivity index (χ0) is 18.2. The molecule has 2 aromatic heterocycles. The highest BCUT2D eigenvalue weighted by Gasteiger charge is 2.15. The first kappa shape index (κ1) is 18.1. The standard InChI is InChI=1S/C21H22N2O2S/c1-17-5-2-7-19(13-17)25-16-21(24)23(11-9-20-8-4-12-26-20)15-18-6-3-10-22-14-18/h2-8,10,12-14H,9,11,15-16H2,1H3. The number of thiophene rings is 1. The van der Waals surface area contributed by atoms with Gasteiger partial charge in [-0.1, -0.05) is 24.3 Å². The molecule has 0 aliphatic heterocycles. The fourth-order valence-corrected chi connectivity index (χ4v) is 3.34. The van der Waals surface area contributed by atoms with Gasteiger partial charge in [0, 0.05) is 30.4 Å². The molecule has 0 radical (unpaired) electrons. The van der Waals surface area contributed by atoms with Crippen LogP contribution in [0.15, 0.2) is 66.3 Å². The molecular weight excluding hydrogens is 344 g/mol. The minimum Gasteiger partial charge on any atom is -0.484 e. The van der Waals surface area contributed by atoms with Crippen LogP contribution in [0.3, 0.4) is 0 Å². The minimum absolute atomic E-state index is 0.0214. The third-order valence-corrected chi connectivity index (χ3v) is 4.95. The third-order valence-electron chi connectivity index (χ3n) is 4.01. The number of aromatic nitrogens is 1. The van der Waals surface area contributed by atoms with Gasteiger partial charge in [0.1, 0.15) is 5.75 Å². The van der Waals surface area contributed by atoms with Crippen LogP contribution in [-0.2, 0) is 17.8 Å². The van der Waals surface area contributed by atoms with Gasteiger partial charge in [-0.25, -0.2) is 0 Å². The summed E-state index contributed by atoms with van der Waals surface area (Å²) in [6.07, 6.45) is 4.38. The molecule has 0 fully saturated rings. The molecule has 0 atom stereocenters.